The van der Waals surface area contributed by atoms with Crippen LogP contribution >= 0.6 is 23.2 Å². The largest absolute Gasteiger partial charge is 0.375 e. The van der Waals surface area contributed by atoms with E-state index < -0.39 is 17.9 Å². The van der Waals surface area contributed by atoms with Gasteiger partial charge < -0.3 is 15.0 Å². The van der Waals surface area contributed by atoms with Gasteiger partial charge in [-0.05, 0) is 36.4 Å². The number of carbonyl (C=O) groups is 2. The SMILES string of the molecule is O=C(C[C@]1(O)C(=O)Nc2cc(Cl)cc(Cl)c21)c1cccc(-n2cccc2)c1. The number of Topliss-reactive ketones (excluding diaryl/α,β-unsaturated/α-hetero) is 1. The number of aromatic nitrogens is 1. The van der Waals surface area contributed by atoms with Crippen LogP contribution in [0.1, 0.15) is 22.3 Å². The molecule has 27 heavy (non-hydrogen) atoms. The van der Waals surface area contributed by atoms with Crippen molar-refractivity contribution in [3.05, 3.63) is 82.1 Å². The van der Waals surface area contributed by atoms with Gasteiger partial charge in [-0.3, -0.25) is 9.59 Å². The van der Waals surface area contributed by atoms with Gasteiger partial charge in [0.2, 0.25) is 0 Å². The number of rotatable bonds is 4. The topological polar surface area (TPSA) is 71.3 Å². The number of halogens is 2. The van der Waals surface area contributed by atoms with Crippen molar-refractivity contribution >= 4 is 40.6 Å². The number of carbonyl (C=O) groups excluding carboxylic acids is 2. The van der Waals surface area contributed by atoms with E-state index in [0.29, 0.717) is 16.3 Å². The summed E-state index contributed by atoms with van der Waals surface area (Å²) in [5.74, 6) is -1.07. The summed E-state index contributed by atoms with van der Waals surface area (Å²) >= 11 is 12.1. The fourth-order valence-electron chi connectivity index (χ4n) is 3.28. The normalized spacial score (nSPS) is 18.3. The Morgan fingerprint density at radius 2 is 1.85 bits per heavy atom. The Morgan fingerprint density at radius 1 is 1.11 bits per heavy atom. The molecule has 0 saturated carbocycles. The van der Waals surface area contributed by atoms with Crippen molar-refractivity contribution in [3.63, 3.8) is 0 Å². The van der Waals surface area contributed by atoms with Gasteiger partial charge in [0.05, 0.1) is 17.1 Å². The van der Waals surface area contributed by atoms with E-state index in [1.807, 2.05) is 35.2 Å². The van der Waals surface area contributed by atoms with E-state index in [-0.39, 0.29) is 16.4 Å². The summed E-state index contributed by atoms with van der Waals surface area (Å²) in [6.45, 7) is 0. The average molecular weight is 401 g/mol. The predicted octanol–water partition coefficient (Wildman–Crippen LogP) is 4.20. The van der Waals surface area contributed by atoms with Gasteiger partial charge in [-0.25, -0.2) is 0 Å². The Kier molecular flexibility index (Phi) is 4.30. The number of ketones is 1. The van der Waals surface area contributed by atoms with Gasteiger partial charge in [-0.1, -0.05) is 35.3 Å². The summed E-state index contributed by atoms with van der Waals surface area (Å²) in [5.41, 5.74) is -0.361. The van der Waals surface area contributed by atoms with Crippen LogP contribution in [-0.2, 0) is 10.4 Å². The summed E-state index contributed by atoms with van der Waals surface area (Å²) in [5, 5.41) is 14.0. The van der Waals surface area contributed by atoms with Gasteiger partial charge in [-0.15, -0.1) is 0 Å². The number of hydrogen-bond acceptors (Lipinski definition) is 3. The predicted molar refractivity (Wildman–Crippen MR) is 104 cm³/mol. The number of anilines is 1. The zero-order valence-corrected chi connectivity index (χ0v) is 15.5. The molecule has 0 radical (unpaired) electrons. The van der Waals surface area contributed by atoms with Crippen molar-refractivity contribution in [2.75, 3.05) is 5.32 Å². The number of fused-ring (bicyclic) bond motifs is 1. The maximum absolute atomic E-state index is 12.8. The molecule has 1 aliphatic heterocycles. The van der Waals surface area contributed by atoms with E-state index in [4.69, 9.17) is 23.2 Å². The molecule has 3 aromatic rings. The van der Waals surface area contributed by atoms with Crippen LogP contribution in [0.4, 0.5) is 5.69 Å². The van der Waals surface area contributed by atoms with Crippen LogP contribution in [0.5, 0.6) is 0 Å². The first-order chi connectivity index (χ1) is 12.9. The van der Waals surface area contributed by atoms with Crippen LogP contribution < -0.4 is 5.32 Å². The third-order valence-electron chi connectivity index (χ3n) is 4.58. The second-order valence-electron chi connectivity index (χ2n) is 6.37. The molecule has 4 rings (SSSR count). The molecule has 2 aromatic carbocycles. The Labute approximate surface area is 165 Å². The van der Waals surface area contributed by atoms with E-state index in [1.165, 1.54) is 12.1 Å². The maximum atomic E-state index is 12.8. The molecule has 1 aliphatic rings. The third kappa shape index (κ3) is 3.04. The van der Waals surface area contributed by atoms with Crippen molar-refractivity contribution in [2.24, 2.45) is 0 Å². The standard InChI is InChI=1S/C20H14Cl2N2O3/c21-13-9-15(22)18-16(10-13)23-19(26)20(18,27)11-17(25)12-4-3-5-14(8-12)24-6-1-2-7-24/h1-10,27H,11H2,(H,23,26)/t20-/m1/s1. The van der Waals surface area contributed by atoms with E-state index in [9.17, 15) is 14.7 Å². The molecule has 0 bridgehead atoms. The lowest BCUT2D eigenvalue weighted by Crippen LogP contribution is -2.36. The van der Waals surface area contributed by atoms with Gasteiger partial charge >= 0.3 is 0 Å². The van der Waals surface area contributed by atoms with Crippen LogP contribution in [-0.4, -0.2) is 21.4 Å². The molecular formula is C20H14Cl2N2O3. The van der Waals surface area contributed by atoms with Gasteiger partial charge in [0.1, 0.15) is 0 Å². The summed E-state index contributed by atoms with van der Waals surface area (Å²) in [4.78, 5) is 25.3. The molecule has 5 nitrogen and oxygen atoms in total. The smallest absolute Gasteiger partial charge is 0.261 e. The first kappa shape index (κ1) is 17.8. The number of amides is 1. The van der Waals surface area contributed by atoms with Gasteiger partial charge in [0.25, 0.3) is 5.91 Å². The maximum Gasteiger partial charge on any atom is 0.261 e. The van der Waals surface area contributed by atoms with E-state index in [0.717, 1.165) is 5.69 Å². The summed E-state index contributed by atoms with van der Waals surface area (Å²) in [7, 11) is 0. The quantitative estimate of drug-likeness (QED) is 0.644. The number of benzene rings is 2. The van der Waals surface area contributed by atoms with Crippen molar-refractivity contribution in [3.8, 4) is 5.69 Å². The Hall–Kier alpha value is -2.60. The summed E-state index contributed by atoms with van der Waals surface area (Å²) in [6.07, 6.45) is 3.30. The molecule has 0 saturated heterocycles. The lowest BCUT2D eigenvalue weighted by Gasteiger charge is -2.21. The average Bonchev–Trinajstić information content (AvgIpc) is 3.22. The highest BCUT2D eigenvalue weighted by molar-refractivity contribution is 6.36. The number of nitrogens with zero attached hydrogens (tertiary/aromatic N) is 1. The molecule has 0 unspecified atom stereocenters. The molecule has 0 aliphatic carbocycles. The summed E-state index contributed by atoms with van der Waals surface area (Å²) in [6, 6.07) is 13.7. The van der Waals surface area contributed by atoms with Gasteiger partial charge in [0.15, 0.2) is 11.4 Å². The number of hydrogen-bond donors (Lipinski definition) is 2. The first-order valence-electron chi connectivity index (χ1n) is 8.18. The first-order valence-corrected chi connectivity index (χ1v) is 8.94. The van der Waals surface area contributed by atoms with E-state index >= 15 is 0 Å². The fraction of sp³-hybridized carbons (Fsp3) is 0.100. The molecule has 7 heteroatoms. The molecule has 1 aromatic heterocycles. The number of nitrogens with one attached hydrogen (secondary N) is 1. The van der Waals surface area contributed by atoms with E-state index in [2.05, 4.69) is 5.32 Å². The summed E-state index contributed by atoms with van der Waals surface area (Å²) < 4.78 is 1.86. The molecule has 1 atom stereocenters. The van der Waals surface area contributed by atoms with Crippen LogP contribution in [0, 0.1) is 0 Å². The fourth-order valence-corrected chi connectivity index (χ4v) is 3.93. The Morgan fingerprint density at radius 3 is 2.59 bits per heavy atom. The third-order valence-corrected chi connectivity index (χ3v) is 5.10. The minimum absolute atomic E-state index is 0.132. The molecule has 136 valence electrons. The molecular weight excluding hydrogens is 387 g/mol. The van der Waals surface area contributed by atoms with Crippen LogP contribution in [0.15, 0.2) is 60.9 Å². The van der Waals surface area contributed by atoms with Crippen LogP contribution in [0.25, 0.3) is 5.69 Å². The highest BCUT2D eigenvalue weighted by Gasteiger charge is 2.48. The van der Waals surface area contributed by atoms with Crippen molar-refractivity contribution in [1.29, 1.82) is 0 Å². The van der Waals surface area contributed by atoms with E-state index in [1.54, 1.807) is 18.2 Å². The molecule has 2 N–H and O–H groups in total. The molecule has 1 amide bonds. The Balaban J connectivity index is 1.68. The minimum Gasteiger partial charge on any atom is -0.375 e. The highest BCUT2D eigenvalue weighted by Crippen LogP contribution is 2.44. The second-order valence-corrected chi connectivity index (χ2v) is 7.21. The van der Waals surface area contributed by atoms with Crippen molar-refractivity contribution < 1.29 is 14.7 Å². The zero-order valence-electron chi connectivity index (χ0n) is 13.9. The zero-order chi connectivity index (χ0) is 19.2. The molecule has 2 heterocycles. The van der Waals surface area contributed by atoms with Crippen LogP contribution in [0.3, 0.4) is 0 Å². The monoisotopic (exact) mass is 400 g/mol. The lowest BCUT2D eigenvalue weighted by atomic mass is 9.88. The second kappa shape index (κ2) is 6.53. The van der Waals surface area contributed by atoms with Crippen molar-refractivity contribution in [2.45, 2.75) is 12.0 Å². The lowest BCUT2D eigenvalue weighted by molar-refractivity contribution is -0.133. The highest BCUT2D eigenvalue weighted by atomic mass is 35.5. The van der Waals surface area contributed by atoms with Crippen molar-refractivity contribution in [1.82, 2.24) is 4.57 Å². The number of aliphatic hydroxyl groups is 1. The van der Waals surface area contributed by atoms with Gasteiger partial charge in [0, 0.05) is 34.2 Å². The molecule has 0 spiro atoms. The Bertz CT molecular complexity index is 1060. The van der Waals surface area contributed by atoms with Gasteiger partial charge in [-0.2, -0.15) is 0 Å². The van der Waals surface area contributed by atoms with Crippen LogP contribution in [0.2, 0.25) is 10.0 Å². The molecule has 0 fully saturated rings. The minimum atomic E-state index is -2.04.